The SMILES string of the molecule is Cc1ccc(S(=O)(=O)NC(=O)OC/C=C\COCc2ccccc2)cc1. The molecule has 138 valence electrons. The molecule has 0 saturated carbocycles. The van der Waals surface area contributed by atoms with Gasteiger partial charge in [-0.3, -0.25) is 0 Å². The normalized spacial score (nSPS) is 11.4. The van der Waals surface area contributed by atoms with Crippen LogP contribution < -0.4 is 4.72 Å². The van der Waals surface area contributed by atoms with E-state index in [4.69, 9.17) is 9.47 Å². The molecule has 0 aliphatic carbocycles. The number of ether oxygens (including phenoxy) is 2. The summed E-state index contributed by atoms with van der Waals surface area (Å²) in [4.78, 5) is 11.6. The van der Waals surface area contributed by atoms with E-state index in [0.717, 1.165) is 11.1 Å². The van der Waals surface area contributed by atoms with Crippen molar-refractivity contribution in [3.05, 3.63) is 77.9 Å². The molecule has 0 radical (unpaired) electrons. The predicted molar refractivity (Wildman–Crippen MR) is 98.1 cm³/mol. The second-order valence-electron chi connectivity index (χ2n) is 5.49. The lowest BCUT2D eigenvalue weighted by Gasteiger charge is -2.07. The Bertz CT molecular complexity index is 830. The Morgan fingerprint density at radius 3 is 2.35 bits per heavy atom. The highest BCUT2D eigenvalue weighted by Crippen LogP contribution is 2.09. The Kier molecular flexibility index (Phi) is 7.37. The largest absolute Gasteiger partial charge is 0.445 e. The molecule has 0 bridgehead atoms. The van der Waals surface area contributed by atoms with E-state index >= 15 is 0 Å². The van der Waals surface area contributed by atoms with Crippen LogP contribution in [0.3, 0.4) is 0 Å². The first-order valence-electron chi connectivity index (χ1n) is 8.00. The van der Waals surface area contributed by atoms with Crippen molar-refractivity contribution in [3.8, 4) is 0 Å². The molecule has 6 nitrogen and oxygen atoms in total. The molecule has 26 heavy (non-hydrogen) atoms. The number of aryl methyl sites for hydroxylation is 1. The highest BCUT2D eigenvalue weighted by Gasteiger charge is 2.17. The molecule has 2 rings (SSSR count). The van der Waals surface area contributed by atoms with Crippen molar-refractivity contribution in [1.29, 1.82) is 0 Å². The summed E-state index contributed by atoms with van der Waals surface area (Å²) in [5.41, 5.74) is 1.99. The van der Waals surface area contributed by atoms with Gasteiger partial charge in [-0.1, -0.05) is 54.1 Å². The van der Waals surface area contributed by atoms with E-state index in [2.05, 4.69) is 0 Å². The average Bonchev–Trinajstić information content (AvgIpc) is 2.62. The average molecular weight is 375 g/mol. The summed E-state index contributed by atoms with van der Waals surface area (Å²) in [6.07, 6.45) is 2.26. The monoisotopic (exact) mass is 375 g/mol. The number of benzene rings is 2. The molecule has 0 aliphatic heterocycles. The Morgan fingerprint density at radius 2 is 1.65 bits per heavy atom. The van der Waals surface area contributed by atoms with Gasteiger partial charge in [0.15, 0.2) is 0 Å². The maximum absolute atomic E-state index is 12.0. The van der Waals surface area contributed by atoms with E-state index in [9.17, 15) is 13.2 Å². The molecule has 2 aromatic rings. The maximum Gasteiger partial charge on any atom is 0.421 e. The highest BCUT2D eigenvalue weighted by molar-refractivity contribution is 7.90. The minimum absolute atomic E-state index is 0.00454. The maximum atomic E-state index is 12.0. The Labute approximate surface area is 153 Å². The van der Waals surface area contributed by atoms with Gasteiger partial charge in [-0.05, 0) is 30.7 Å². The quantitative estimate of drug-likeness (QED) is 0.566. The number of hydrogen-bond donors (Lipinski definition) is 1. The number of hydrogen-bond acceptors (Lipinski definition) is 5. The van der Waals surface area contributed by atoms with Crippen molar-refractivity contribution in [3.63, 3.8) is 0 Å². The Hall–Kier alpha value is -2.64. The van der Waals surface area contributed by atoms with E-state index in [1.807, 2.05) is 42.0 Å². The molecule has 1 amide bonds. The fourth-order valence-electron chi connectivity index (χ4n) is 1.99. The van der Waals surface area contributed by atoms with Gasteiger partial charge in [0.2, 0.25) is 0 Å². The minimum atomic E-state index is -3.93. The van der Waals surface area contributed by atoms with Gasteiger partial charge < -0.3 is 9.47 Å². The third-order valence-corrected chi connectivity index (χ3v) is 4.68. The lowest BCUT2D eigenvalue weighted by molar-refractivity contribution is 0.147. The third kappa shape index (κ3) is 6.70. The summed E-state index contributed by atoms with van der Waals surface area (Å²) < 4.78 is 36.1. The fraction of sp³-hybridized carbons (Fsp3) is 0.211. The van der Waals surface area contributed by atoms with Crippen LogP contribution in [0.2, 0.25) is 0 Å². The Morgan fingerprint density at radius 1 is 1.00 bits per heavy atom. The Balaban J connectivity index is 1.67. The van der Waals surface area contributed by atoms with Crippen LogP contribution in [0, 0.1) is 6.92 Å². The van der Waals surface area contributed by atoms with Gasteiger partial charge in [-0.25, -0.2) is 17.9 Å². The number of amides is 1. The van der Waals surface area contributed by atoms with Crippen molar-refractivity contribution in [2.24, 2.45) is 0 Å². The highest BCUT2D eigenvalue weighted by atomic mass is 32.2. The first-order valence-corrected chi connectivity index (χ1v) is 9.48. The zero-order valence-corrected chi connectivity index (χ0v) is 15.2. The van der Waals surface area contributed by atoms with Crippen LogP contribution in [0.5, 0.6) is 0 Å². The first-order chi connectivity index (χ1) is 12.5. The second kappa shape index (κ2) is 9.74. The van der Waals surface area contributed by atoms with Crippen molar-refractivity contribution in [2.45, 2.75) is 18.4 Å². The van der Waals surface area contributed by atoms with Gasteiger partial charge in [0.1, 0.15) is 6.61 Å². The molecule has 0 saturated heterocycles. The lowest BCUT2D eigenvalue weighted by Crippen LogP contribution is -2.31. The second-order valence-corrected chi connectivity index (χ2v) is 7.17. The molecule has 0 atom stereocenters. The van der Waals surface area contributed by atoms with Gasteiger partial charge in [0.05, 0.1) is 18.1 Å². The van der Waals surface area contributed by atoms with Crippen molar-refractivity contribution in [1.82, 2.24) is 4.72 Å². The lowest BCUT2D eigenvalue weighted by atomic mass is 10.2. The molecular formula is C19H21NO5S. The van der Waals surface area contributed by atoms with Gasteiger partial charge in [0.25, 0.3) is 10.0 Å². The van der Waals surface area contributed by atoms with E-state index in [1.54, 1.807) is 24.3 Å². The molecule has 0 aliphatic rings. The summed E-state index contributed by atoms with van der Waals surface area (Å²) in [7, 11) is -3.93. The van der Waals surface area contributed by atoms with Crippen LogP contribution in [0.25, 0.3) is 0 Å². The topological polar surface area (TPSA) is 81.7 Å². The molecule has 0 fully saturated rings. The molecule has 2 aromatic carbocycles. The van der Waals surface area contributed by atoms with Gasteiger partial charge >= 0.3 is 6.09 Å². The number of carbonyl (C=O) groups is 1. The summed E-state index contributed by atoms with van der Waals surface area (Å²) in [6.45, 7) is 2.64. The molecule has 0 heterocycles. The third-order valence-electron chi connectivity index (χ3n) is 3.35. The zero-order chi connectivity index (χ0) is 18.8. The van der Waals surface area contributed by atoms with Crippen LogP contribution in [-0.2, 0) is 26.1 Å². The van der Waals surface area contributed by atoms with Crippen molar-refractivity contribution >= 4 is 16.1 Å². The molecule has 0 spiro atoms. The summed E-state index contributed by atoms with van der Waals surface area (Å²) in [5.74, 6) is 0. The smallest absolute Gasteiger partial charge is 0.421 e. The molecular weight excluding hydrogens is 354 g/mol. The van der Waals surface area contributed by atoms with E-state index in [0.29, 0.717) is 13.2 Å². The number of nitrogens with one attached hydrogen (secondary N) is 1. The molecule has 0 unspecified atom stereocenters. The van der Waals surface area contributed by atoms with Crippen LogP contribution in [0.15, 0.2) is 71.6 Å². The summed E-state index contributed by atoms with van der Waals surface area (Å²) >= 11 is 0. The van der Waals surface area contributed by atoms with Crippen LogP contribution in [0.4, 0.5) is 4.79 Å². The first kappa shape index (κ1) is 19.7. The summed E-state index contributed by atoms with van der Waals surface area (Å²) in [5, 5.41) is 0. The van der Waals surface area contributed by atoms with Crippen LogP contribution in [0.1, 0.15) is 11.1 Å². The predicted octanol–water partition coefficient (Wildman–Crippen LogP) is 3.18. The van der Waals surface area contributed by atoms with Gasteiger partial charge in [0, 0.05) is 0 Å². The van der Waals surface area contributed by atoms with E-state index in [1.165, 1.54) is 12.1 Å². The minimum Gasteiger partial charge on any atom is -0.445 e. The molecule has 1 N–H and O–H groups in total. The molecule has 7 heteroatoms. The number of carbonyl (C=O) groups excluding carboxylic acids is 1. The number of sulfonamides is 1. The van der Waals surface area contributed by atoms with Crippen molar-refractivity contribution in [2.75, 3.05) is 13.2 Å². The van der Waals surface area contributed by atoms with Gasteiger partial charge in [-0.15, -0.1) is 0 Å². The number of rotatable bonds is 8. The molecule has 0 aromatic heterocycles. The van der Waals surface area contributed by atoms with Crippen LogP contribution >= 0.6 is 0 Å². The summed E-state index contributed by atoms with van der Waals surface area (Å²) in [6, 6.07) is 15.9. The van der Waals surface area contributed by atoms with E-state index < -0.39 is 16.1 Å². The van der Waals surface area contributed by atoms with E-state index in [-0.39, 0.29) is 11.5 Å². The fourth-order valence-corrected chi connectivity index (χ4v) is 2.89. The standard InChI is InChI=1S/C19H21NO5S/c1-16-9-11-18(12-10-16)26(22,23)20-19(21)25-14-6-5-13-24-15-17-7-3-2-4-8-17/h2-12H,13-15H2,1H3,(H,20,21)/b6-5-. The van der Waals surface area contributed by atoms with Crippen LogP contribution in [-0.4, -0.2) is 27.7 Å². The van der Waals surface area contributed by atoms with Gasteiger partial charge in [-0.2, -0.15) is 0 Å². The van der Waals surface area contributed by atoms with Crippen molar-refractivity contribution < 1.29 is 22.7 Å². The zero-order valence-electron chi connectivity index (χ0n) is 14.4.